The number of halogens is 1. The first-order valence-corrected chi connectivity index (χ1v) is 3.49. The summed E-state index contributed by atoms with van der Waals surface area (Å²) in [4.78, 5) is 12.1. The van der Waals surface area contributed by atoms with E-state index in [1.807, 2.05) is 0 Å². The van der Waals surface area contributed by atoms with E-state index in [4.69, 9.17) is 10.5 Å². The molecule has 5 heteroatoms. The lowest BCUT2D eigenvalue weighted by Gasteiger charge is -2.08. The number of alkyl halides is 1. The van der Waals surface area contributed by atoms with Crippen LogP contribution in [-0.4, -0.2) is 43.4 Å². The van der Waals surface area contributed by atoms with Crippen molar-refractivity contribution < 1.29 is 13.9 Å². The van der Waals surface area contributed by atoms with Crippen LogP contribution in [0.15, 0.2) is 0 Å². The number of nitrogens with zero attached hydrogens (tertiary/aromatic N) is 1. The molecule has 1 unspecified atom stereocenters. The summed E-state index contributed by atoms with van der Waals surface area (Å²) in [5.41, 5.74) is 5.26. The number of hydrogen-bond donors (Lipinski definition) is 1. The lowest BCUT2D eigenvalue weighted by Crippen LogP contribution is -2.29. The molecule has 1 saturated heterocycles. The molecule has 0 spiro atoms. The van der Waals surface area contributed by atoms with E-state index in [1.165, 1.54) is 4.90 Å². The zero-order chi connectivity index (χ0) is 8.27. The fraction of sp³-hybridized carbons (Fsp3) is 0.833. The van der Waals surface area contributed by atoms with Gasteiger partial charge in [-0.15, -0.1) is 0 Å². The number of cyclic esters (lactones) is 1. The van der Waals surface area contributed by atoms with E-state index in [9.17, 15) is 9.18 Å². The van der Waals surface area contributed by atoms with Crippen LogP contribution in [0.4, 0.5) is 9.18 Å². The molecule has 0 bridgehead atoms. The van der Waals surface area contributed by atoms with Gasteiger partial charge >= 0.3 is 6.09 Å². The number of hydrogen-bond acceptors (Lipinski definition) is 3. The first-order chi connectivity index (χ1) is 5.27. The summed E-state index contributed by atoms with van der Waals surface area (Å²) in [5.74, 6) is 0. The molecule has 1 aliphatic rings. The number of carbonyl (C=O) groups excluding carboxylic acids is 1. The predicted molar refractivity (Wildman–Crippen MR) is 36.9 cm³/mol. The second kappa shape index (κ2) is 3.52. The van der Waals surface area contributed by atoms with Gasteiger partial charge in [-0.1, -0.05) is 0 Å². The lowest BCUT2D eigenvalue weighted by molar-refractivity contribution is 0.134. The Kier molecular flexibility index (Phi) is 2.64. The van der Waals surface area contributed by atoms with E-state index in [-0.39, 0.29) is 12.6 Å². The highest BCUT2D eigenvalue weighted by Crippen LogP contribution is 2.08. The van der Waals surface area contributed by atoms with Gasteiger partial charge in [0.05, 0.1) is 13.1 Å². The van der Waals surface area contributed by atoms with E-state index < -0.39 is 12.8 Å². The summed E-state index contributed by atoms with van der Waals surface area (Å²) in [7, 11) is 0. The van der Waals surface area contributed by atoms with Crippen LogP contribution < -0.4 is 5.73 Å². The predicted octanol–water partition coefficient (Wildman–Crippen LogP) is -0.265. The van der Waals surface area contributed by atoms with Gasteiger partial charge in [-0.2, -0.15) is 0 Å². The fourth-order valence-corrected chi connectivity index (χ4v) is 0.982. The van der Waals surface area contributed by atoms with Crippen molar-refractivity contribution in [2.24, 2.45) is 5.73 Å². The molecule has 0 aliphatic carbocycles. The molecule has 1 rings (SSSR count). The Bertz CT molecular complexity index is 154. The number of amides is 1. The van der Waals surface area contributed by atoms with Crippen molar-refractivity contribution in [1.29, 1.82) is 0 Å². The Hall–Kier alpha value is -0.840. The zero-order valence-electron chi connectivity index (χ0n) is 6.12. The largest absolute Gasteiger partial charge is 0.443 e. The van der Waals surface area contributed by atoms with Crippen molar-refractivity contribution in [3.05, 3.63) is 0 Å². The summed E-state index contributed by atoms with van der Waals surface area (Å²) in [6.07, 6.45) is -0.716. The quantitative estimate of drug-likeness (QED) is 0.621. The average molecular weight is 162 g/mol. The van der Waals surface area contributed by atoms with Crippen LogP contribution in [0.5, 0.6) is 0 Å². The van der Waals surface area contributed by atoms with Gasteiger partial charge in [-0.25, -0.2) is 9.18 Å². The van der Waals surface area contributed by atoms with Crippen LogP contribution in [0.25, 0.3) is 0 Å². The third-order valence-electron chi connectivity index (χ3n) is 1.57. The molecule has 1 amide bonds. The van der Waals surface area contributed by atoms with E-state index in [0.29, 0.717) is 13.1 Å². The van der Waals surface area contributed by atoms with Crippen LogP contribution in [0.1, 0.15) is 0 Å². The van der Waals surface area contributed by atoms with E-state index >= 15 is 0 Å². The molecular formula is C6H11FN2O2. The second-order valence-electron chi connectivity index (χ2n) is 2.38. The van der Waals surface area contributed by atoms with Gasteiger partial charge in [0.15, 0.2) is 0 Å². The summed E-state index contributed by atoms with van der Waals surface area (Å²) in [5, 5.41) is 0. The topological polar surface area (TPSA) is 55.6 Å². The Morgan fingerprint density at radius 2 is 2.55 bits per heavy atom. The Balaban J connectivity index is 2.38. The van der Waals surface area contributed by atoms with Gasteiger partial charge in [0.1, 0.15) is 12.8 Å². The Morgan fingerprint density at radius 3 is 3.00 bits per heavy atom. The van der Waals surface area contributed by atoms with Crippen molar-refractivity contribution in [2.75, 3.05) is 26.3 Å². The van der Waals surface area contributed by atoms with E-state index in [1.54, 1.807) is 0 Å². The summed E-state index contributed by atoms with van der Waals surface area (Å²) >= 11 is 0. The molecule has 0 radical (unpaired) electrons. The van der Waals surface area contributed by atoms with Crippen molar-refractivity contribution >= 4 is 6.09 Å². The van der Waals surface area contributed by atoms with Gasteiger partial charge in [-0.05, 0) is 0 Å². The first kappa shape index (κ1) is 8.26. The highest BCUT2D eigenvalue weighted by atomic mass is 19.1. The molecule has 1 fully saturated rings. The zero-order valence-corrected chi connectivity index (χ0v) is 6.12. The summed E-state index contributed by atoms with van der Waals surface area (Å²) in [6.45, 7) is 0.287. The third-order valence-corrected chi connectivity index (χ3v) is 1.57. The second-order valence-corrected chi connectivity index (χ2v) is 2.38. The number of carbonyl (C=O) groups is 1. The average Bonchev–Trinajstić information content (AvgIpc) is 2.33. The molecule has 2 N–H and O–H groups in total. The molecule has 1 atom stereocenters. The van der Waals surface area contributed by atoms with Crippen molar-refractivity contribution in [3.8, 4) is 0 Å². The molecule has 0 saturated carbocycles. The van der Waals surface area contributed by atoms with Crippen LogP contribution in [0, 0.1) is 0 Å². The van der Waals surface area contributed by atoms with Gasteiger partial charge in [-0.3, -0.25) is 0 Å². The molecule has 0 aromatic heterocycles. The summed E-state index contributed by atoms with van der Waals surface area (Å²) < 4.78 is 16.5. The van der Waals surface area contributed by atoms with Crippen molar-refractivity contribution in [3.63, 3.8) is 0 Å². The van der Waals surface area contributed by atoms with E-state index in [0.717, 1.165) is 0 Å². The Labute approximate surface area is 64.1 Å². The Morgan fingerprint density at radius 1 is 1.82 bits per heavy atom. The van der Waals surface area contributed by atoms with Crippen LogP contribution in [-0.2, 0) is 4.74 Å². The number of ether oxygens (including phenoxy) is 1. The number of nitrogens with two attached hydrogens (primary N) is 1. The molecule has 4 nitrogen and oxygen atoms in total. The minimum absolute atomic E-state index is 0.106. The van der Waals surface area contributed by atoms with E-state index in [2.05, 4.69) is 0 Å². The maximum Gasteiger partial charge on any atom is 0.410 e. The van der Waals surface area contributed by atoms with Crippen LogP contribution in [0.3, 0.4) is 0 Å². The fourth-order valence-electron chi connectivity index (χ4n) is 0.982. The van der Waals surface area contributed by atoms with Gasteiger partial charge in [0, 0.05) is 6.54 Å². The van der Waals surface area contributed by atoms with Crippen LogP contribution >= 0.6 is 0 Å². The molecule has 64 valence electrons. The first-order valence-electron chi connectivity index (χ1n) is 3.49. The molecule has 0 aromatic carbocycles. The van der Waals surface area contributed by atoms with Gasteiger partial charge in [0.2, 0.25) is 0 Å². The minimum Gasteiger partial charge on any atom is -0.443 e. The van der Waals surface area contributed by atoms with Crippen LogP contribution in [0.2, 0.25) is 0 Å². The SMILES string of the molecule is NCC1CN(CCF)C(=O)O1. The number of rotatable bonds is 3. The standard InChI is InChI=1S/C6H11FN2O2/c7-1-2-9-4-5(3-8)11-6(9)10/h5H,1-4,8H2. The molecule has 0 aromatic rings. The lowest BCUT2D eigenvalue weighted by atomic mass is 10.3. The van der Waals surface area contributed by atoms with Gasteiger partial charge < -0.3 is 15.4 Å². The molecule has 1 aliphatic heterocycles. The normalized spacial score (nSPS) is 24.0. The maximum absolute atomic E-state index is 11.8. The monoisotopic (exact) mass is 162 g/mol. The smallest absolute Gasteiger partial charge is 0.410 e. The third kappa shape index (κ3) is 1.80. The maximum atomic E-state index is 11.8. The molecule has 11 heavy (non-hydrogen) atoms. The van der Waals surface area contributed by atoms with Gasteiger partial charge in [0.25, 0.3) is 0 Å². The highest BCUT2D eigenvalue weighted by Gasteiger charge is 2.29. The molecular weight excluding hydrogens is 151 g/mol. The molecule has 1 heterocycles. The minimum atomic E-state index is -0.535. The van der Waals surface area contributed by atoms with Crippen molar-refractivity contribution in [2.45, 2.75) is 6.10 Å². The highest BCUT2D eigenvalue weighted by molar-refractivity contribution is 5.69. The summed E-state index contributed by atoms with van der Waals surface area (Å²) in [6, 6.07) is 0. The van der Waals surface area contributed by atoms with Crippen molar-refractivity contribution in [1.82, 2.24) is 4.90 Å².